The molecule has 0 spiro atoms. The topological polar surface area (TPSA) is 82.1 Å². The molecule has 0 aromatic carbocycles. The summed E-state index contributed by atoms with van der Waals surface area (Å²) >= 11 is 2.80. The SMILES string of the molecule is CSc1nnc(-c2ccc([N+](=O)[O-])o2)s1. The van der Waals surface area contributed by atoms with Crippen molar-refractivity contribution in [3.05, 3.63) is 22.2 Å². The largest absolute Gasteiger partial charge is 0.433 e. The Morgan fingerprint density at radius 2 is 2.33 bits per heavy atom. The van der Waals surface area contributed by atoms with Gasteiger partial charge in [0.05, 0.1) is 6.07 Å². The maximum Gasteiger partial charge on any atom is 0.433 e. The molecule has 0 radical (unpaired) electrons. The van der Waals surface area contributed by atoms with E-state index in [1.165, 1.54) is 35.2 Å². The number of hydrogen-bond acceptors (Lipinski definition) is 7. The molecule has 8 heteroatoms. The van der Waals surface area contributed by atoms with Crippen molar-refractivity contribution < 1.29 is 9.34 Å². The van der Waals surface area contributed by atoms with Gasteiger partial charge in [-0.15, -0.1) is 10.2 Å². The monoisotopic (exact) mass is 243 g/mol. The second-order valence-corrected chi connectivity index (χ2v) is 4.50. The first kappa shape index (κ1) is 10.1. The predicted octanol–water partition coefficient (Wildman–Crippen LogP) is 2.43. The predicted molar refractivity (Wildman–Crippen MR) is 56.0 cm³/mol. The zero-order valence-corrected chi connectivity index (χ0v) is 9.17. The highest BCUT2D eigenvalue weighted by Crippen LogP contribution is 2.30. The summed E-state index contributed by atoms with van der Waals surface area (Å²) in [7, 11) is 0. The van der Waals surface area contributed by atoms with Crippen molar-refractivity contribution in [2.24, 2.45) is 0 Å². The highest BCUT2D eigenvalue weighted by atomic mass is 32.2. The van der Waals surface area contributed by atoms with Crippen LogP contribution in [0.1, 0.15) is 0 Å². The molecule has 0 aliphatic carbocycles. The van der Waals surface area contributed by atoms with E-state index in [1.807, 2.05) is 6.26 Å². The Hall–Kier alpha value is -1.41. The first-order chi connectivity index (χ1) is 7.20. The summed E-state index contributed by atoms with van der Waals surface area (Å²) in [4.78, 5) is 9.80. The van der Waals surface area contributed by atoms with E-state index in [-0.39, 0.29) is 5.88 Å². The van der Waals surface area contributed by atoms with Gasteiger partial charge in [-0.2, -0.15) is 0 Å². The molecule has 0 fully saturated rings. The average molecular weight is 243 g/mol. The Labute approximate surface area is 92.5 Å². The maximum absolute atomic E-state index is 10.4. The Morgan fingerprint density at radius 3 is 2.87 bits per heavy atom. The van der Waals surface area contributed by atoms with Crippen molar-refractivity contribution in [2.75, 3.05) is 6.26 Å². The van der Waals surface area contributed by atoms with Gasteiger partial charge in [0.15, 0.2) is 15.1 Å². The third kappa shape index (κ3) is 2.00. The van der Waals surface area contributed by atoms with Crippen LogP contribution >= 0.6 is 23.1 Å². The van der Waals surface area contributed by atoms with Gasteiger partial charge in [0.2, 0.25) is 0 Å². The van der Waals surface area contributed by atoms with E-state index in [0.717, 1.165) is 4.34 Å². The van der Waals surface area contributed by atoms with Gasteiger partial charge < -0.3 is 4.42 Å². The van der Waals surface area contributed by atoms with Crippen LogP contribution in [0.2, 0.25) is 0 Å². The van der Waals surface area contributed by atoms with Crippen LogP contribution in [0.15, 0.2) is 20.9 Å². The minimum atomic E-state index is -0.583. The summed E-state index contributed by atoms with van der Waals surface area (Å²) in [5, 5.41) is 18.7. The molecule has 2 aromatic heterocycles. The third-order valence-corrected chi connectivity index (χ3v) is 3.48. The highest BCUT2D eigenvalue weighted by molar-refractivity contribution is 8.00. The molecule has 0 saturated heterocycles. The molecule has 78 valence electrons. The first-order valence-electron chi connectivity index (χ1n) is 3.83. The summed E-state index contributed by atoms with van der Waals surface area (Å²) in [6.45, 7) is 0. The van der Waals surface area contributed by atoms with Gasteiger partial charge in [0.1, 0.15) is 4.92 Å². The average Bonchev–Trinajstić information content (AvgIpc) is 2.86. The Balaban J connectivity index is 2.32. The van der Waals surface area contributed by atoms with Crippen LogP contribution in [-0.2, 0) is 0 Å². The molecule has 0 aliphatic heterocycles. The molecule has 6 nitrogen and oxygen atoms in total. The van der Waals surface area contributed by atoms with Crippen LogP contribution in [0.25, 0.3) is 10.8 Å². The van der Waals surface area contributed by atoms with Crippen LogP contribution in [0, 0.1) is 10.1 Å². The van der Waals surface area contributed by atoms with E-state index in [2.05, 4.69) is 10.2 Å². The van der Waals surface area contributed by atoms with Gasteiger partial charge in [-0.1, -0.05) is 23.1 Å². The molecule has 2 rings (SSSR count). The number of rotatable bonds is 3. The molecule has 0 bridgehead atoms. The zero-order chi connectivity index (χ0) is 10.8. The van der Waals surface area contributed by atoms with E-state index >= 15 is 0 Å². The van der Waals surface area contributed by atoms with Gasteiger partial charge in [0, 0.05) is 0 Å². The first-order valence-corrected chi connectivity index (χ1v) is 5.87. The second kappa shape index (κ2) is 3.99. The quantitative estimate of drug-likeness (QED) is 0.467. The van der Waals surface area contributed by atoms with Gasteiger partial charge in [0.25, 0.3) is 0 Å². The van der Waals surface area contributed by atoms with Crippen molar-refractivity contribution in [3.63, 3.8) is 0 Å². The molecule has 0 N–H and O–H groups in total. The van der Waals surface area contributed by atoms with Gasteiger partial charge >= 0.3 is 5.88 Å². The molecule has 0 aliphatic rings. The van der Waals surface area contributed by atoms with Crippen LogP contribution in [0.5, 0.6) is 0 Å². The van der Waals surface area contributed by atoms with Gasteiger partial charge in [-0.05, 0) is 12.3 Å². The second-order valence-electron chi connectivity index (χ2n) is 2.47. The number of hydrogen-bond donors (Lipinski definition) is 0. The molecule has 15 heavy (non-hydrogen) atoms. The van der Waals surface area contributed by atoms with Crippen molar-refractivity contribution in [2.45, 2.75) is 4.34 Å². The van der Waals surface area contributed by atoms with E-state index in [9.17, 15) is 10.1 Å². The minimum Gasteiger partial charge on any atom is -0.398 e. The summed E-state index contributed by atoms with van der Waals surface area (Å²) in [5.74, 6) is 0.0883. The van der Waals surface area contributed by atoms with Crippen molar-refractivity contribution in [3.8, 4) is 10.8 Å². The fraction of sp³-hybridized carbons (Fsp3) is 0.143. The smallest absolute Gasteiger partial charge is 0.398 e. The van der Waals surface area contributed by atoms with Crippen LogP contribution in [-0.4, -0.2) is 21.4 Å². The molecule has 0 saturated carbocycles. The van der Waals surface area contributed by atoms with E-state index < -0.39 is 4.92 Å². The van der Waals surface area contributed by atoms with E-state index in [0.29, 0.717) is 10.8 Å². The van der Waals surface area contributed by atoms with Gasteiger partial charge in [-0.3, -0.25) is 10.1 Å². The summed E-state index contributed by atoms with van der Waals surface area (Å²) < 4.78 is 5.78. The van der Waals surface area contributed by atoms with E-state index in [1.54, 1.807) is 0 Å². The normalized spacial score (nSPS) is 10.5. The molecule has 0 amide bonds. The van der Waals surface area contributed by atoms with Crippen LogP contribution in [0.4, 0.5) is 5.88 Å². The zero-order valence-electron chi connectivity index (χ0n) is 7.54. The van der Waals surface area contributed by atoms with Gasteiger partial charge in [-0.25, -0.2) is 0 Å². The summed E-state index contributed by atoms with van der Waals surface area (Å²) in [6, 6.07) is 2.82. The third-order valence-electron chi connectivity index (χ3n) is 1.56. The highest BCUT2D eigenvalue weighted by Gasteiger charge is 2.16. The van der Waals surface area contributed by atoms with Crippen molar-refractivity contribution in [1.29, 1.82) is 0 Å². The molecular weight excluding hydrogens is 238 g/mol. The number of nitro groups is 1. The fourth-order valence-corrected chi connectivity index (χ4v) is 2.16. The van der Waals surface area contributed by atoms with Crippen molar-refractivity contribution >= 4 is 29.0 Å². The lowest BCUT2D eigenvalue weighted by Gasteiger charge is -1.84. The Kier molecular flexibility index (Phi) is 2.69. The fourth-order valence-electron chi connectivity index (χ4n) is 0.933. The van der Waals surface area contributed by atoms with Crippen molar-refractivity contribution in [1.82, 2.24) is 10.2 Å². The summed E-state index contributed by atoms with van der Waals surface area (Å²) in [5.41, 5.74) is 0. The molecule has 2 aromatic rings. The summed E-state index contributed by atoms with van der Waals surface area (Å²) in [6.07, 6.45) is 1.88. The molecule has 0 unspecified atom stereocenters. The molecular formula is C7H5N3O3S2. The number of thioether (sulfide) groups is 1. The number of aromatic nitrogens is 2. The number of nitrogens with zero attached hydrogens (tertiary/aromatic N) is 3. The van der Waals surface area contributed by atoms with E-state index in [4.69, 9.17) is 4.42 Å². The maximum atomic E-state index is 10.4. The molecule has 0 atom stereocenters. The lowest BCUT2D eigenvalue weighted by Crippen LogP contribution is -1.82. The molecule has 2 heterocycles. The minimum absolute atomic E-state index is 0.286. The lowest BCUT2D eigenvalue weighted by molar-refractivity contribution is -0.401. The standard InChI is InChI=1S/C7H5N3O3S2/c1-14-7-9-8-6(15-7)4-2-3-5(13-4)10(11)12/h2-3H,1H3. The lowest BCUT2D eigenvalue weighted by atomic mass is 10.5. The Morgan fingerprint density at radius 1 is 1.53 bits per heavy atom. The number of furan rings is 1. The Bertz CT molecular complexity index is 493. The van der Waals surface area contributed by atoms with Crippen LogP contribution in [0.3, 0.4) is 0 Å². The van der Waals surface area contributed by atoms with Crippen LogP contribution < -0.4 is 0 Å².